The number of H-pyrrole nitrogens is 1. The molecule has 0 amide bonds. The van der Waals surface area contributed by atoms with E-state index in [-0.39, 0.29) is 23.9 Å². The minimum Gasteiger partial charge on any atom is -0.392 e. The zero-order valence-electron chi connectivity index (χ0n) is 10.5. The van der Waals surface area contributed by atoms with Gasteiger partial charge in [-0.2, -0.15) is 5.21 Å². The molecule has 1 heterocycles. The Kier molecular flexibility index (Phi) is 4.48. The third-order valence-electron chi connectivity index (χ3n) is 2.56. The fourth-order valence-electron chi connectivity index (χ4n) is 1.59. The maximum absolute atomic E-state index is 12.3. The van der Waals surface area contributed by atoms with E-state index in [0.29, 0.717) is 10.0 Å². The lowest BCUT2D eigenvalue weighted by atomic mass is 10.1. The summed E-state index contributed by atoms with van der Waals surface area (Å²) >= 11 is 3.25. The lowest BCUT2D eigenvalue weighted by molar-refractivity contribution is 0.281. The van der Waals surface area contributed by atoms with E-state index in [1.54, 1.807) is 13.0 Å². The molecule has 0 radical (unpaired) electrons. The molecule has 20 heavy (non-hydrogen) atoms. The molecule has 10 heteroatoms. The number of aromatic amines is 1. The number of nitrogens with one attached hydrogen (secondary N) is 2. The highest BCUT2D eigenvalue weighted by atomic mass is 79.9. The smallest absolute Gasteiger partial charge is 0.242 e. The van der Waals surface area contributed by atoms with E-state index in [1.165, 1.54) is 6.07 Å². The number of benzene rings is 1. The number of hydrogen-bond donors (Lipinski definition) is 3. The van der Waals surface area contributed by atoms with Crippen LogP contribution >= 0.6 is 15.9 Å². The van der Waals surface area contributed by atoms with E-state index in [9.17, 15) is 8.42 Å². The molecule has 0 atom stereocenters. The molecular weight excluding hydrogens is 350 g/mol. The number of halogens is 1. The Morgan fingerprint density at radius 3 is 2.80 bits per heavy atom. The first kappa shape index (κ1) is 15.0. The summed E-state index contributed by atoms with van der Waals surface area (Å²) in [4.78, 5) is 0.0602. The van der Waals surface area contributed by atoms with Gasteiger partial charge < -0.3 is 5.11 Å². The predicted molar refractivity (Wildman–Crippen MR) is 73.0 cm³/mol. The number of hydrogen-bond acceptors (Lipinski definition) is 6. The van der Waals surface area contributed by atoms with Crippen LogP contribution in [0.1, 0.15) is 17.0 Å². The van der Waals surface area contributed by atoms with Gasteiger partial charge in [0.25, 0.3) is 0 Å². The highest BCUT2D eigenvalue weighted by Crippen LogP contribution is 2.27. The van der Waals surface area contributed by atoms with Crippen molar-refractivity contribution in [3.63, 3.8) is 0 Å². The molecule has 0 saturated heterocycles. The van der Waals surface area contributed by atoms with E-state index in [2.05, 4.69) is 41.3 Å². The van der Waals surface area contributed by atoms with Crippen molar-refractivity contribution in [1.29, 1.82) is 0 Å². The number of aliphatic hydroxyl groups excluding tert-OH is 1. The van der Waals surface area contributed by atoms with Crippen molar-refractivity contribution in [2.24, 2.45) is 0 Å². The summed E-state index contributed by atoms with van der Waals surface area (Å²) in [7, 11) is -3.75. The van der Waals surface area contributed by atoms with E-state index in [1.807, 2.05) is 0 Å². The average Bonchev–Trinajstić information content (AvgIpc) is 2.92. The molecule has 0 spiro atoms. The standard InChI is InChI=1S/C10H12BrN5O3S/c1-6-2-7(5-17)3-8(10(6)11)20(18,19)12-4-9-13-15-16-14-9/h2-3,12,17H,4-5H2,1H3,(H,13,14,15,16). The van der Waals surface area contributed by atoms with Crippen LogP contribution in [0.5, 0.6) is 0 Å². The van der Waals surface area contributed by atoms with Gasteiger partial charge in [-0.15, -0.1) is 10.2 Å². The zero-order valence-corrected chi connectivity index (χ0v) is 12.9. The Morgan fingerprint density at radius 1 is 1.45 bits per heavy atom. The summed E-state index contributed by atoms with van der Waals surface area (Å²) in [6, 6.07) is 3.12. The summed E-state index contributed by atoms with van der Waals surface area (Å²) in [5, 5.41) is 22.1. The minimum absolute atomic E-state index is 0.0602. The fourth-order valence-corrected chi connectivity index (χ4v) is 3.64. The van der Waals surface area contributed by atoms with E-state index < -0.39 is 10.0 Å². The second-order valence-corrected chi connectivity index (χ2v) is 6.56. The van der Waals surface area contributed by atoms with Crippen LogP contribution in [0.15, 0.2) is 21.5 Å². The molecule has 1 aromatic heterocycles. The molecule has 0 aliphatic rings. The largest absolute Gasteiger partial charge is 0.392 e. The average molecular weight is 362 g/mol. The summed E-state index contributed by atoms with van der Waals surface area (Å²) in [6.07, 6.45) is 0. The van der Waals surface area contributed by atoms with Crippen molar-refractivity contribution in [3.05, 3.63) is 33.6 Å². The maximum atomic E-state index is 12.3. The molecule has 0 bridgehead atoms. The monoisotopic (exact) mass is 361 g/mol. The van der Waals surface area contributed by atoms with Gasteiger partial charge in [0.1, 0.15) is 0 Å². The molecule has 3 N–H and O–H groups in total. The Balaban J connectivity index is 2.31. The Hall–Kier alpha value is -1.36. The van der Waals surface area contributed by atoms with Crippen LogP contribution < -0.4 is 4.72 Å². The summed E-state index contributed by atoms with van der Waals surface area (Å²) < 4.78 is 27.3. The van der Waals surface area contributed by atoms with E-state index in [0.717, 1.165) is 5.56 Å². The van der Waals surface area contributed by atoms with Crippen LogP contribution in [-0.4, -0.2) is 34.1 Å². The normalized spacial score (nSPS) is 11.8. The van der Waals surface area contributed by atoms with E-state index in [4.69, 9.17) is 5.11 Å². The van der Waals surface area contributed by atoms with Crippen LogP contribution in [-0.2, 0) is 23.2 Å². The lowest BCUT2D eigenvalue weighted by Crippen LogP contribution is -2.24. The quantitative estimate of drug-likeness (QED) is 0.701. The van der Waals surface area contributed by atoms with Gasteiger partial charge in [-0.3, -0.25) is 0 Å². The summed E-state index contributed by atoms with van der Waals surface area (Å²) in [5.41, 5.74) is 1.24. The number of aliphatic hydroxyl groups is 1. The van der Waals surface area contributed by atoms with Gasteiger partial charge in [0.05, 0.1) is 18.0 Å². The number of nitrogens with zero attached hydrogens (tertiary/aromatic N) is 3. The molecule has 1 aromatic carbocycles. The lowest BCUT2D eigenvalue weighted by Gasteiger charge is -2.11. The molecule has 0 aliphatic heterocycles. The molecule has 108 valence electrons. The zero-order chi connectivity index (χ0) is 14.8. The molecule has 2 aromatic rings. The molecule has 0 aliphatic carbocycles. The second kappa shape index (κ2) is 5.95. The second-order valence-electron chi connectivity index (χ2n) is 4.04. The SMILES string of the molecule is Cc1cc(CO)cc(S(=O)(=O)NCc2nn[nH]n2)c1Br. The first-order chi connectivity index (χ1) is 9.44. The van der Waals surface area contributed by atoms with E-state index >= 15 is 0 Å². The Morgan fingerprint density at radius 2 is 2.20 bits per heavy atom. The van der Waals surface area contributed by atoms with Gasteiger partial charge in [0, 0.05) is 4.47 Å². The van der Waals surface area contributed by atoms with Crippen LogP contribution in [0.4, 0.5) is 0 Å². The van der Waals surface area contributed by atoms with Gasteiger partial charge in [0.15, 0.2) is 5.82 Å². The number of rotatable bonds is 5. The van der Waals surface area contributed by atoms with Crippen LogP contribution in [0.3, 0.4) is 0 Å². The third-order valence-corrected chi connectivity index (χ3v) is 5.30. The number of sulfonamides is 1. The van der Waals surface area contributed by atoms with Gasteiger partial charge >= 0.3 is 0 Å². The molecule has 0 saturated carbocycles. The highest BCUT2D eigenvalue weighted by molar-refractivity contribution is 9.10. The third kappa shape index (κ3) is 3.20. The van der Waals surface area contributed by atoms with Crippen LogP contribution in [0.2, 0.25) is 0 Å². The molecular formula is C10H12BrN5O3S. The number of aryl methyl sites for hydroxylation is 1. The Labute approximate surface area is 123 Å². The van der Waals surface area contributed by atoms with Crippen LogP contribution in [0.25, 0.3) is 0 Å². The van der Waals surface area contributed by atoms with Crippen molar-refractivity contribution in [3.8, 4) is 0 Å². The number of tetrazole rings is 1. The number of aromatic nitrogens is 4. The van der Waals surface area contributed by atoms with Crippen molar-refractivity contribution in [2.75, 3.05) is 0 Å². The van der Waals surface area contributed by atoms with Crippen molar-refractivity contribution < 1.29 is 13.5 Å². The fraction of sp³-hybridized carbons (Fsp3) is 0.300. The first-order valence-electron chi connectivity index (χ1n) is 5.56. The predicted octanol–water partition coefficient (Wildman–Crippen LogP) is 0.241. The first-order valence-corrected chi connectivity index (χ1v) is 7.83. The van der Waals surface area contributed by atoms with Gasteiger partial charge in [-0.25, -0.2) is 13.1 Å². The minimum atomic E-state index is -3.75. The molecule has 0 fully saturated rings. The molecule has 2 rings (SSSR count). The van der Waals surface area contributed by atoms with Crippen molar-refractivity contribution >= 4 is 26.0 Å². The topological polar surface area (TPSA) is 121 Å². The molecule has 8 nitrogen and oxygen atoms in total. The summed E-state index contributed by atoms with van der Waals surface area (Å²) in [6.45, 7) is 1.44. The Bertz CT molecular complexity index is 702. The van der Waals surface area contributed by atoms with Gasteiger partial charge in [-0.05, 0) is 40.0 Å². The van der Waals surface area contributed by atoms with Gasteiger partial charge in [-0.1, -0.05) is 11.3 Å². The van der Waals surface area contributed by atoms with Crippen molar-refractivity contribution in [2.45, 2.75) is 25.0 Å². The molecule has 0 unspecified atom stereocenters. The van der Waals surface area contributed by atoms with Crippen molar-refractivity contribution in [1.82, 2.24) is 25.3 Å². The summed E-state index contributed by atoms with van der Waals surface area (Å²) in [5.74, 6) is 0.236. The maximum Gasteiger partial charge on any atom is 0.242 e. The van der Waals surface area contributed by atoms with Crippen LogP contribution in [0, 0.1) is 6.92 Å². The van der Waals surface area contributed by atoms with Gasteiger partial charge in [0.2, 0.25) is 10.0 Å². The highest BCUT2D eigenvalue weighted by Gasteiger charge is 2.20.